The van der Waals surface area contributed by atoms with E-state index in [-0.39, 0.29) is 5.41 Å². The van der Waals surface area contributed by atoms with Crippen LogP contribution in [-0.4, -0.2) is 9.97 Å². The maximum absolute atomic E-state index is 4.97. The van der Waals surface area contributed by atoms with Crippen LogP contribution in [0, 0.1) is 0 Å². The van der Waals surface area contributed by atoms with E-state index in [9.17, 15) is 0 Å². The van der Waals surface area contributed by atoms with Crippen molar-refractivity contribution in [3.8, 4) is 22.3 Å². The van der Waals surface area contributed by atoms with Gasteiger partial charge in [0.15, 0.2) is 0 Å². The second-order valence-electron chi connectivity index (χ2n) is 11.9. The maximum atomic E-state index is 4.97. The molecule has 2 heteroatoms. The smallest absolute Gasteiger partial charge is 0.0964 e. The van der Waals surface area contributed by atoms with Crippen molar-refractivity contribution in [1.82, 2.24) is 9.97 Å². The molecule has 0 aliphatic carbocycles. The predicted molar refractivity (Wildman–Crippen MR) is 170 cm³/mol. The Kier molecular flexibility index (Phi) is 4.82. The quantitative estimate of drug-likeness (QED) is 0.215. The van der Waals surface area contributed by atoms with E-state index in [2.05, 4.69) is 123 Å². The molecule has 0 unspecified atom stereocenters. The first-order valence-electron chi connectivity index (χ1n) is 13.9. The molecule has 8 aromatic rings. The summed E-state index contributed by atoms with van der Waals surface area (Å²) in [6.07, 6.45) is 3.87. The average molecular weight is 513 g/mol. The molecule has 190 valence electrons. The summed E-state index contributed by atoms with van der Waals surface area (Å²) < 4.78 is 0. The molecule has 0 spiro atoms. The predicted octanol–water partition coefficient (Wildman–Crippen LogP) is 10.3. The molecule has 8 rings (SSSR count). The third-order valence-corrected chi connectivity index (χ3v) is 8.40. The van der Waals surface area contributed by atoms with Crippen molar-refractivity contribution >= 4 is 54.1 Å². The molecule has 40 heavy (non-hydrogen) atoms. The Morgan fingerprint density at radius 1 is 0.500 bits per heavy atom. The van der Waals surface area contributed by atoms with Crippen LogP contribution in [0.2, 0.25) is 0 Å². The van der Waals surface area contributed by atoms with Gasteiger partial charge in [0.05, 0.1) is 11.0 Å². The van der Waals surface area contributed by atoms with Crippen molar-refractivity contribution < 1.29 is 0 Å². The molecule has 0 aliphatic heterocycles. The number of rotatable bonds is 2. The van der Waals surface area contributed by atoms with Gasteiger partial charge in [0, 0.05) is 28.7 Å². The fourth-order valence-electron chi connectivity index (χ4n) is 6.33. The molecule has 2 heterocycles. The van der Waals surface area contributed by atoms with E-state index in [1.165, 1.54) is 54.6 Å². The molecule has 2 aromatic heterocycles. The van der Waals surface area contributed by atoms with Crippen LogP contribution < -0.4 is 0 Å². The number of nitrogens with zero attached hydrogens (tertiary/aromatic N) is 2. The lowest BCUT2D eigenvalue weighted by molar-refractivity contribution is 0.591. The Balaban J connectivity index is 1.48. The maximum Gasteiger partial charge on any atom is 0.0964 e. The molecule has 0 amide bonds. The van der Waals surface area contributed by atoms with Gasteiger partial charge in [-0.1, -0.05) is 106 Å². The van der Waals surface area contributed by atoms with Gasteiger partial charge in [-0.25, -0.2) is 0 Å². The van der Waals surface area contributed by atoms with Gasteiger partial charge in [0.1, 0.15) is 0 Å². The highest BCUT2D eigenvalue weighted by Gasteiger charge is 2.20. The van der Waals surface area contributed by atoms with E-state index in [0.717, 1.165) is 27.4 Å². The van der Waals surface area contributed by atoms with Crippen molar-refractivity contribution in [2.75, 3.05) is 0 Å². The number of hydrogen-bond acceptors (Lipinski definition) is 2. The van der Waals surface area contributed by atoms with Crippen LogP contribution in [0.4, 0.5) is 0 Å². The van der Waals surface area contributed by atoms with Gasteiger partial charge in [0.25, 0.3) is 0 Å². The van der Waals surface area contributed by atoms with Gasteiger partial charge in [-0.15, -0.1) is 0 Å². The zero-order valence-corrected chi connectivity index (χ0v) is 22.9. The second-order valence-corrected chi connectivity index (χ2v) is 11.9. The molecule has 0 saturated heterocycles. The van der Waals surface area contributed by atoms with Crippen molar-refractivity contribution in [2.24, 2.45) is 0 Å². The van der Waals surface area contributed by atoms with Crippen LogP contribution in [0.5, 0.6) is 0 Å². The van der Waals surface area contributed by atoms with Crippen LogP contribution in [0.1, 0.15) is 26.3 Å². The summed E-state index contributed by atoms with van der Waals surface area (Å²) in [5.41, 5.74) is 8.13. The van der Waals surface area contributed by atoms with E-state index in [4.69, 9.17) is 4.98 Å². The second kappa shape index (κ2) is 8.34. The lowest BCUT2D eigenvalue weighted by Gasteiger charge is -2.23. The number of fused-ring (bicyclic) bond motifs is 3. The minimum absolute atomic E-state index is 0.0839. The van der Waals surface area contributed by atoms with Crippen LogP contribution >= 0.6 is 0 Å². The first kappa shape index (κ1) is 23.1. The van der Waals surface area contributed by atoms with Crippen molar-refractivity contribution in [3.63, 3.8) is 0 Å². The Bertz CT molecular complexity index is 2220. The van der Waals surface area contributed by atoms with E-state index < -0.39 is 0 Å². The van der Waals surface area contributed by atoms with Gasteiger partial charge in [-0.05, 0) is 78.2 Å². The first-order chi connectivity index (χ1) is 19.5. The minimum Gasteiger partial charge on any atom is -0.254 e. The number of hydrogen-bond donors (Lipinski definition) is 0. The summed E-state index contributed by atoms with van der Waals surface area (Å²) in [7, 11) is 0. The molecule has 0 radical (unpaired) electrons. The normalized spacial score (nSPS) is 12.4. The molecular formula is C38H28N2. The van der Waals surface area contributed by atoms with Crippen LogP contribution in [-0.2, 0) is 5.41 Å². The molecule has 6 aromatic carbocycles. The zero-order chi connectivity index (χ0) is 27.0. The highest BCUT2D eigenvalue weighted by molar-refractivity contribution is 6.28. The fourth-order valence-corrected chi connectivity index (χ4v) is 6.33. The Morgan fingerprint density at radius 2 is 1.15 bits per heavy atom. The lowest BCUT2D eigenvalue weighted by Crippen LogP contribution is -2.10. The van der Waals surface area contributed by atoms with E-state index in [1.54, 1.807) is 0 Å². The Morgan fingerprint density at radius 3 is 1.88 bits per heavy atom. The van der Waals surface area contributed by atoms with E-state index in [0.29, 0.717) is 0 Å². The summed E-state index contributed by atoms with van der Waals surface area (Å²) in [6.45, 7) is 6.87. The molecule has 0 bridgehead atoms. The molecule has 0 aliphatic rings. The standard InChI is InChI=1S/C38H28N2/c1-38(2,3)29-19-25-13-15-30-32(23-8-5-4-6-9-23)21-33(31-16-14-26(20-29)34(25)35(30)31)28-18-27-12-11-24-10-7-17-39-36(24)37(27)40-22-28/h4-22H,1-3H3. The van der Waals surface area contributed by atoms with Crippen LogP contribution in [0.15, 0.2) is 116 Å². The first-order valence-corrected chi connectivity index (χ1v) is 13.9. The van der Waals surface area contributed by atoms with Gasteiger partial charge in [0.2, 0.25) is 0 Å². The fraction of sp³-hybridized carbons (Fsp3) is 0.105. The summed E-state index contributed by atoms with van der Waals surface area (Å²) in [4.78, 5) is 9.61. The molecular weight excluding hydrogens is 484 g/mol. The van der Waals surface area contributed by atoms with Gasteiger partial charge in [-0.3, -0.25) is 9.97 Å². The topological polar surface area (TPSA) is 25.8 Å². The molecule has 2 nitrogen and oxygen atoms in total. The molecule has 0 N–H and O–H groups in total. The SMILES string of the molecule is CC(C)(C)c1cc2ccc3c(-c4ccccc4)cc(-c4cnc5c(ccc6cccnc65)c4)c4ccc(c1)c2c34. The van der Waals surface area contributed by atoms with E-state index in [1.807, 2.05) is 18.5 Å². The largest absolute Gasteiger partial charge is 0.254 e. The molecule has 0 atom stereocenters. The third kappa shape index (κ3) is 3.42. The Hall–Kier alpha value is -4.82. The van der Waals surface area contributed by atoms with Gasteiger partial charge in [-0.2, -0.15) is 0 Å². The number of benzene rings is 6. The summed E-state index contributed by atoms with van der Waals surface area (Å²) >= 11 is 0. The summed E-state index contributed by atoms with van der Waals surface area (Å²) in [6, 6.07) is 37.8. The number of pyridine rings is 2. The van der Waals surface area contributed by atoms with Crippen LogP contribution in [0.25, 0.3) is 76.4 Å². The minimum atomic E-state index is 0.0839. The summed E-state index contributed by atoms with van der Waals surface area (Å²) in [5.74, 6) is 0. The van der Waals surface area contributed by atoms with E-state index >= 15 is 0 Å². The van der Waals surface area contributed by atoms with Crippen molar-refractivity contribution in [2.45, 2.75) is 26.2 Å². The molecule has 0 saturated carbocycles. The zero-order valence-electron chi connectivity index (χ0n) is 22.9. The highest BCUT2D eigenvalue weighted by Crippen LogP contribution is 2.45. The summed E-state index contributed by atoms with van der Waals surface area (Å²) in [5, 5.41) is 10.0. The van der Waals surface area contributed by atoms with Crippen LogP contribution in [0.3, 0.4) is 0 Å². The lowest BCUT2D eigenvalue weighted by atomic mass is 9.81. The number of aromatic nitrogens is 2. The van der Waals surface area contributed by atoms with Crippen molar-refractivity contribution in [1.29, 1.82) is 0 Å². The third-order valence-electron chi connectivity index (χ3n) is 8.40. The average Bonchev–Trinajstić information content (AvgIpc) is 2.99. The van der Waals surface area contributed by atoms with Crippen molar-refractivity contribution in [3.05, 3.63) is 121 Å². The monoisotopic (exact) mass is 512 g/mol. The van der Waals surface area contributed by atoms with Gasteiger partial charge >= 0.3 is 0 Å². The molecule has 0 fully saturated rings. The highest BCUT2D eigenvalue weighted by atomic mass is 14.7. The van der Waals surface area contributed by atoms with Gasteiger partial charge < -0.3 is 0 Å². The Labute approximate surface area is 233 Å².